The Morgan fingerprint density at radius 1 is 1.56 bits per heavy atom. The molecule has 1 fully saturated rings. The van der Waals surface area contributed by atoms with Crippen LogP contribution in [0.1, 0.15) is 19.8 Å². The van der Waals surface area contributed by atoms with Crippen molar-refractivity contribution < 1.29 is 0 Å². The third kappa shape index (κ3) is 1.13. The molecule has 0 radical (unpaired) electrons. The lowest BCUT2D eigenvalue weighted by Crippen LogP contribution is -2.21. The van der Waals surface area contributed by atoms with Crippen molar-refractivity contribution in [2.24, 2.45) is 11.8 Å². The lowest BCUT2D eigenvalue weighted by atomic mass is 9.74. The Morgan fingerprint density at radius 3 is 2.67 bits per heavy atom. The Hall–Kier alpha value is -0.770. The summed E-state index contributed by atoms with van der Waals surface area (Å²) in [6.45, 7) is 2.01. The molecule has 0 aromatic rings. The molecular formula is C8H11N. The summed E-state index contributed by atoms with van der Waals surface area (Å²) < 4.78 is 0. The van der Waals surface area contributed by atoms with Gasteiger partial charge in [-0.05, 0) is 25.7 Å². The summed E-state index contributed by atoms with van der Waals surface area (Å²) in [4.78, 5) is 0. The molecule has 0 spiro atoms. The topological polar surface area (TPSA) is 23.8 Å². The van der Waals surface area contributed by atoms with E-state index in [0.717, 1.165) is 6.42 Å². The Morgan fingerprint density at radius 2 is 2.33 bits per heavy atom. The van der Waals surface area contributed by atoms with Gasteiger partial charge in [0, 0.05) is 0 Å². The van der Waals surface area contributed by atoms with Crippen LogP contribution in [-0.2, 0) is 0 Å². The van der Waals surface area contributed by atoms with Gasteiger partial charge in [-0.2, -0.15) is 5.26 Å². The van der Waals surface area contributed by atoms with Crippen molar-refractivity contribution in [3.05, 3.63) is 12.2 Å². The largest absolute Gasteiger partial charge is 0.198 e. The summed E-state index contributed by atoms with van der Waals surface area (Å²) >= 11 is 0. The van der Waals surface area contributed by atoms with Gasteiger partial charge in [-0.15, -0.1) is 0 Å². The fourth-order valence-electron chi connectivity index (χ4n) is 1.16. The summed E-state index contributed by atoms with van der Waals surface area (Å²) in [5.74, 6) is 0.890. The van der Waals surface area contributed by atoms with Crippen molar-refractivity contribution in [3.63, 3.8) is 0 Å². The van der Waals surface area contributed by atoms with Crippen LogP contribution in [0.25, 0.3) is 0 Å². The Labute approximate surface area is 56.0 Å². The molecular weight excluding hydrogens is 110 g/mol. The monoisotopic (exact) mass is 121 g/mol. The number of rotatable bonds is 1. The highest BCUT2D eigenvalue weighted by atomic mass is 14.4. The minimum atomic E-state index is 0.321. The first-order valence-electron chi connectivity index (χ1n) is 3.41. The van der Waals surface area contributed by atoms with Crippen LogP contribution in [0.4, 0.5) is 0 Å². The quantitative estimate of drug-likeness (QED) is 0.487. The third-order valence-corrected chi connectivity index (χ3v) is 1.93. The molecule has 0 amide bonds. The van der Waals surface area contributed by atoms with Gasteiger partial charge in [-0.1, -0.05) is 12.2 Å². The zero-order valence-corrected chi connectivity index (χ0v) is 5.67. The standard InChI is InChI=1S/C8H11N/c1-2-3-7-4-5-8(7)6-9/h2-3,7-8H,4-5H2,1H3/b3-2+/t7-,8+/m1/s1. The van der Waals surface area contributed by atoms with E-state index in [1.54, 1.807) is 0 Å². The van der Waals surface area contributed by atoms with E-state index in [4.69, 9.17) is 5.26 Å². The molecule has 1 aliphatic carbocycles. The highest BCUT2D eigenvalue weighted by Gasteiger charge is 2.27. The molecule has 48 valence electrons. The van der Waals surface area contributed by atoms with Gasteiger partial charge >= 0.3 is 0 Å². The highest BCUT2D eigenvalue weighted by Crippen LogP contribution is 2.34. The zero-order valence-electron chi connectivity index (χ0n) is 5.67. The van der Waals surface area contributed by atoms with Crippen LogP contribution in [0.5, 0.6) is 0 Å². The molecule has 0 N–H and O–H groups in total. The van der Waals surface area contributed by atoms with E-state index in [1.165, 1.54) is 6.42 Å². The normalized spacial score (nSPS) is 33.8. The summed E-state index contributed by atoms with van der Waals surface area (Å²) in [6, 6.07) is 2.29. The molecule has 1 nitrogen and oxygen atoms in total. The number of allylic oxidation sites excluding steroid dienone is 2. The van der Waals surface area contributed by atoms with Crippen molar-refractivity contribution in [3.8, 4) is 6.07 Å². The number of nitrogens with zero attached hydrogens (tertiary/aromatic N) is 1. The maximum absolute atomic E-state index is 8.50. The molecule has 0 aromatic carbocycles. The average Bonchev–Trinajstić information content (AvgIpc) is 1.82. The van der Waals surface area contributed by atoms with Gasteiger partial charge in [0.1, 0.15) is 0 Å². The smallest absolute Gasteiger partial charge is 0.0661 e. The van der Waals surface area contributed by atoms with Gasteiger partial charge in [0.25, 0.3) is 0 Å². The summed E-state index contributed by atoms with van der Waals surface area (Å²) in [7, 11) is 0. The van der Waals surface area contributed by atoms with Crippen molar-refractivity contribution >= 4 is 0 Å². The average molecular weight is 121 g/mol. The first kappa shape index (κ1) is 6.35. The van der Waals surface area contributed by atoms with Crippen molar-refractivity contribution in [1.82, 2.24) is 0 Å². The van der Waals surface area contributed by atoms with Gasteiger partial charge in [0.05, 0.1) is 12.0 Å². The van der Waals surface area contributed by atoms with Crippen LogP contribution in [0.3, 0.4) is 0 Å². The highest BCUT2D eigenvalue weighted by molar-refractivity contribution is 5.04. The van der Waals surface area contributed by atoms with Crippen LogP contribution in [-0.4, -0.2) is 0 Å². The molecule has 2 atom stereocenters. The summed E-state index contributed by atoms with van der Waals surface area (Å²) in [5.41, 5.74) is 0. The van der Waals surface area contributed by atoms with Gasteiger partial charge in [0.15, 0.2) is 0 Å². The molecule has 0 unspecified atom stereocenters. The van der Waals surface area contributed by atoms with Gasteiger partial charge in [-0.3, -0.25) is 0 Å². The Kier molecular flexibility index (Phi) is 1.89. The second-order valence-corrected chi connectivity index (χ2v) is 2.50. The zero-order chi connectivity index (χ0) is 6.69. The van der Waals surface area contributed by atoms with Crippen LogP contribution < -0.4 is 0 Å². The van der Waals surface area contributed by atoms with E-state index in [2.05, 4.69) is 12.1 Å². The maximum Gasteiger partial charge on any atom is 0.0661 e. The van der Waals surface area contributed by atoms with Gasteiger partial charge in [-0.25, -0.2) is 0 Å². The van der Waals surface area contributed by atoms with Gasteiger partial charge < -0.3 is 0 Å². The Balaban J connectivity index is 2.38. The molecule has 1 saturated carbocycles. The van der Waals surface area contributed by atoms with E-state index in [1.807, 2.05) is 13.0 Å². The molecule has 0 heterocycles. The van der Waals surface area contributed by atoms with Crippen molar-refractivity contribution in [2.45, 2.75) is 19.8 Å². The number of hydrogen-bond donors (Lipinski definition) is 0. The molecule has 0 aliphatic heterocycles. The van der Waals surface area contributed by atoms with Crippen molar-refractivity contribution in [2.75, 3.05) is 0 Å². The molecule has 1 heteroatoms. The molecule has 1 aliphatic rings. The van der Waals surface area contributed by atoms with Crippen LogP contribution in [0, 0.1) is 23.2 Å². The van der Waals surface area contributed by atoms with Gasteiger partial charge in [0.2, 0.25) is 0 Å². The summed E-state index contributed by atoms with van der Waals surface area (Å²) in [6.07, 6.45) is 6.49. The van der Waals surface area contributed by atoms with Crippen LogP contribution in [0.2, 0.25) is 0 Å². The lowest BCUT2D eigenvalue weighted by molar-refractivity contribution is 0.294. The van der Waals surface area contributed by atoms with Crippen LogP contribution in [0.15, 0.2) is 12.2 Å². The van der Waals surface area contributed by atoms with E-state index in [0.29, 0.717) is 11.8 Å². The van der Waals surface area contributed by atoms with Crippen molar-refractivity contribution in [1.29, 1.82) is 5.26 Å². The second-order valence-electron chi connectivity index (χ2n) is 2.50. The van der Waals surface area contributed by atoms with E-state index >= 15 is 0 Å². The number of hydrogen-bond acceptors (Lipinski definition) is 1. The molecule has 1 rings (SSSR count). The molecule has 9 heavy (non-hydrogen) atoms. The maximum atomic E-state index is 8.50. The minimum absolute atomic E-state index is 0.321. The van der Waals surface area contributed by atoms with E-state index in [9.17, 15) is 0 Å². The molecule has 0 saturated heterocycles. The molecule has 0 bridgehead atoms. The van der Waals surface area contributed by atoms with E-state index < -0.39 is 0 Å². The third-order valence-electron chi connectivity index (χ3n) is 1.93. The minimum Gasteiger partial charge on any atom is -0.198 e. The second kappa shape index (κ2) is 2.68. The number of nitriles is 1. The summed E-state index contributed by atoms with van der Waals surface area (Å²) in [5, 5.41) is 8.50. The fraction of sp³-hybridized carbons (Fsp3) is 0.625. The predicted octanol–water partition coefficient (Wildman–Crippen LogP) is 2.11. The first-order valence-corrected chi connectivity index (χ1v) is 3.41. The predicted molar refractivity (Wildman–Crippen MR) is 36.6 cm³/mol. The van der Waals surface area contributed by atoms with Crippen LogP contribution >= 0.6 is 0 Å². The molecule has 0 aromatic heterocycles. The lowest BCUT2D eigenvalue weighted by Gasteiger charge is -2.28. The SMILES string of the molecule is C/C=C/[C@@H]1CC[C@H]1C#N. The Bertz CT molecular complexity index is 152. The first-order chi connectivity index (χ1) is 4.38. The fourth-order valence-corrected chi connectivity index (χ4v) is 1.16. The van der Waals surface area contributed by atoms with E-state index in [-0.39, 0.29) is 0 Å².